The van der Waals surface area contributed by atoms with Gasteiger partial charge in [0.25, 0.3) is 0 Å². The maximum atomic E-state index is 12.6. The van der Waals surface area contributed by atoms with E-state index >= 15 is 0 Å². The van der Waals surface area contributed by atoms with Crippen LogP contribution in [0.3, 0.4) is 0 Å². The number of carbonyl (C=O) groups is 2. The topological polar surface area (TPSA) is 70.7 Å². The molecule has 0 aliphatic carbocycles. The molecule has 2 amide bonds. The van der Waals surface area contributed by atoms with Crippen molar-refractivity contribution in [2.45, 2.75) is 32.2 Å². The number of nitrogens with one attached hydrogen (secondary N) is 2. The Hall–Kier alpha value is -1.86. The minimum Gasteiger partial charge on any atom is -0.463 e. The number of carbonyl (C=O) groups excluding carboxylic acids is 2. The Kier molecular flexibility index (Phi) is 5.52. The molecule has 0 radical (unpaired) electrons. The van der Waals surface area contributed by atoms with Crippen molar-refractivity contribution in [2.24, 2.45) is 0 Å². The zero-order valence-electron chi connectivity index (χ0n) is 13.8. The zero-order chi connectivity index (χ0) is 16.9. The van der Waals surface area contributed by atoms with Crippen LogP contribution in [0, 0.1) is 0 Å². The van der Waals surface area contributed by atoms with Gasteiger partial charge in [0.1, 0.15) is 0 Å². The number of likely N-dealkylation sites (tertiary alicyclic amines) is 1. The molecule has 0 saturated carbocycles. The van der Waals surface area contributed by atoms with E-state index in [0.717, 1.165) is 30.8 Å². The van der Waals surface area contributed by atoms with Crippen LogP contribution in [-0.4, -0.2) is 43.1 Å². The highest BCUT2D eigenvalue weighted by Crippen LogP contribution is 2.31. The van der Waals surface area contributed by atoms with E-state index in [1.165, 1.54) is 17.8 Å². The van der Waals surface area contributed by atoms with Crippen LogP contribution in [0.25, 0.3) is 0 Å². The number of thiophene rings is 1. The molecule has 1 unspecified atom stereocenters. The molecule has 7 heteroatoms. The van der Waals surface area contributed by atoms with Gasteiger partial charge in [-0.3, -0.25) is 4.90 Å². The summed E-state index contributed by atoms with van der Waals surface area (Å²) in [4.78, 5) is 27.9. The van der Waals surface area contributed by atoms with Gasteiger partial charge in [0.05, 0.1) is 18.2 Å². The van der Waals surface area contributed by atoms with Crippen LogP contribution in [0.5, 0.6) is 0 Å². The third-order valence-corrected chi connectivity index (χ3v) is 5.24. The van der Waals surface area contributed by atoms with Gasteiger partial charge in [0.15, 0.2) is 0 Å². The van der Waals surface area contributed by atoms with Gasteiger partial charge in [-0.25, -0.2) is 9.59 Å². The molecule has 2 N–H and O–H groups in total. The second-order valence-corrected chi connectivity index (χ2v) is 6.98. The van der Waals surface area contributed by atoms with Crippen LogP contribution < -0.4 is 10.6 Å². The molecule has 0 bridgehead atoms. The van der Waals surface area contributed by atoms with Crippen LogP contribution >= 0.6 is 11.3 Å². The highest BCUT2D eigenvalue weighted by atomic mass is 32.1. The second-order valence-electron chi connectivity index (χ2n) is 6.00. The van der Waals surface area contributed by atoms with E-state index in [0.29, 0.717) is 24.4 Å². The van der Waals surface area contributed by atoms with Gasteiger partial charge in [0, 0.05) is 17.1 Å². The second kappa shape index (κ2) is 7.81. The van der Waals surface area contributed by atoms with Gasteiger partial charge in [-0.15, -0.1) is 11.3 Å². The maximum absolute atomic E-state index is 12.6. The molecule has 24 heavy (non-hydrogen) atoms. The minimum atomic E-state index is -0.447. The molecule has 6 nitrogen and oxygen atoms in total. The van der Waals surface area contributed by atoms with Crippen molar-refractivity contribution in [1.82, 2.24) is 15.5 Å². The van der Waals surface area contributed by atoms with Crippen molar-refractivity contribution >= 4 is 23.3 Å². The molecule has 3 heterocycles. The molecule has 1 saturated heterocycles. The van der Waals surface area contributed by atoms with Gasteiger partial charge in [-0.1, -0.05) is 12.5 Å². The van der Waals surface area contributed by atoms with E-state index in [2.05, 4.69) is 15.5 Å². The average molecular weight is 349 g/mol. The fourth-order valence-electron chi connectivity index (χ4n) is 3.20. The quantitative estimate of drug-likeness (QED) is 0.801. The summed E-state index contributed by atoms with van der Waals surface area (Å²) in [6.45, 7) is 4.66. The first-order valence-corrected chi connectivity index (χ1v) is 9.30. The molecule has 1 aromatic rings. The molecule has 1 fully saturated rings. The predicted molar refractivity (Wildman–Crippen MR) is 92.7 cm³/mol. The van der Waals surface area contributed by atoms with Gasteiger partial charge >= 0.3 is 12.0 Å². The Bertz CT molecular complexity index is 621. The van der Waals surface area contributed by atoms with Crippen LogP contribution in [0.15, 0.2) is 28.8 Å². The average Bonchev–Trinajstić information content (AvgIpc) is 3.10. The number of piperidine rings is 1. The van der Waals surface area contributed by atoms with Crippen LogP contribution in [0.1, 0.15) is 37.1 Å². The lowest BCUT2D eigenvalue weighted by atomic mass is 10.00. The molecule has 1 aromatic heterocycles. The normalized spacial score (nSPS) is 22.0. The monoisotopic (exact) mass is 349 g/mol. The lowest BCUT2D eigenvalue weighted by Gasteiger charge is -2.33. The third kappa shape index (κ3) is 3.79. The lowest BCUT2D eigenvalue weighted by molar-refractivity contribution is -0.139. The summed E-state index contributed by atoms with van der Waals surface area (Å²) in [5.41, 5.74) is 1.18. The highest BCUT2D eigenvalue weighted by Gasteiger charge is 2.34. The summed E-state index contributed by atoms with van der Waals surface area (Å²) in [5.74, 6) is -0.365. The molecular weight excluding hydrogens is 326 g/mol. The molecule has 0 aromatic carbocycles. The summed E-state index contributed by atoms with van der Waals surface area (Å²) < 4.78 is 5.26. The summed E-state index contributed by atoms with van der Waals surface area (Å²) in [5, 5.41) is 7.64. The fourth-order valence-corrected chi connectivity index (χ4v) is 3.99. The van der Waals surface area contributed by atoms with Crippen LogP contribution in [0.2, 0.25) is 0 Å². The molecule has 2 aliphatic rings. The molecule has 0 spiro atoms. The predicted octanol–water partition coefficient (Wildman–Crippen LogP) is 2.41. The number of hydrogen-bond donors (Lipinski definition) is 2. The standard InChI is InChI=1S/C17H23N3O3S/c1-2-23-16(21)14-12(11-20-8-4-3-5-9-20)18-17(22)19-15(14)13-7-6-10-24-13/h6-7,10,15H,2-5,8-9,11H2,1H3,(H2,18,19,22). The SMILES string of the molecule is CCOC(=O)C1=C(CN2CCCCC2)NC(=O)NC1c1cccs1. The fraction of sp³-hybridized carbons (Fsp3) is 0.529. The van der Waals surface area contributed by atoms with Crippen molar-refractivity contribution < 1.29 is 14.3 Å². The summed E-state index contributed by atoms with van der Waals surface area (Å²) >= 11 is 1.52. The van der Waals surface area contributed by atoms with Crippen molar-refractivity contribution in [3.63, 3.8) is 0 Å². The van der Waals surface area contributed by atoms with Crippen molar-refractivity contribution in [3.8, 4) is 0 Å². The van der Waals surface area contributed by atoms with Gasteiger partial charge in [-0.05, 0) is 44.3 Å². The summed E-state index contributed by atoms with van der Waals surface area (Å²) in [6, 6.07) is 3.13. The molecular formula is C17H23N3O3S. The number of esters is 1. The van der Waals surface area contributed by atoms with Crippen molar-refractivity contribution in [3.05, 3.63) is 33.7 Å². The minimum absolute atomic E-state index is 0.270. The van der Waals surface area contributed by atoms with Gasteiger partial charge in [0.2, 0.25) is 0 Å². The van der Waals surface area contributed by atoms with Crippen LogP contribution in [0.4, 0.5) is 4.79 Å². The zero-order valence-corrected chi connectivity index (χ0v) is 14.7. The van der Waals surface area contributed by atoms with Crippen molar-refractivity contribution in [1.29, 1.82) is 0 Å². The van der Waals surface area contributed by atoms with E-state index in [1.54, 1.807) is 6.92 Å². The number of rotatable bonds is 5. The van der Waals surface area contributed by atoms with E-state index in [-0.39, 0.29) is 12.0 Å². The number of ether oxygens (including phenoxy) is 1. The Morgan fingerprint density at radius 1 is 1.38 bits per heavy atom. The number of urea groups is 1. The number of hydrogen-bond acceptors (Lipinski definition) is 5. The number of amides is 2. The third-order valence-electron chi connectivity index (χ3n) is 4.31. The Morgan fingerprint density at radius 2 is 2.17 bits per heavy atom. The smallest absolute Gasteiger partial charge is 0.338 e. The first-order chi connectivity index (χ1) is 11.7. The largest absolute Gasteiger partial charge is 0.463 e. The van der Waals surface area contributed by atoms with Gasteiger partial charge < -0.3 is 15.4 Å². The van der Waals surface area contributed by atoms with Gasteiger partial charge in [-0.2, -0.15) is 0 Å². The first kappa shape index (κ1) is 17.0. The molecule has 2 aliphatic heterocycles. The molecule has 3 rings (SSSR count). The summed E-state index contributed by atoms with van der Waals surface area (Å²) in [7, 11) is 0. The highest BCUT2D eigenvalue weighted by molar-refractivity contribution is 7.10. The van der Waals surface area contributed by atoms with E-state index in [4.69, 9.17) is 4.74 Å². The Morgan fingerprint density at radius 3 is 2.83 bits per heavy atom. The molecule has 130 valence electrons. The first-order valence-electron chi connectivity index (χ1n) is 8.42. The molecule has 1 atom stereocenters. The Labute approximate surface area is 145 Å². The Balaban J connectivity index is 1.93. The number of nitrogens with zero attached hydrogens (tertiary/aromatic N) is 1. The maximum Gasteiger partial charge on any atom is 0.338 e. The van der Waals surface area contributed by atoms with Crippen molar-refractivity contribution in [2.75, 3.05) is 26.2 Å². The summed E-state index contributed by atoms with van der Waals surface area (Å²) in [6.07, 6.45) is 3.55. The van der Waals surface area contributed by atoms with E-state index in [1.807, 2.05) is 17.5 Å². The lowest BCUT2D eigenvalue weighted by Crippen LogP contribution is -2.48. The van der Waals surface area contributed by atoms with Crippen LogP contribution in [-0.2, 0) is 9.53 Å². The van der Waals surface area contributed by atoms with E-state index < -0.39 is 6.04 Å². The van der Waals surface area contributed by atoms with E-state index in [9.17, 15) is 9.59 Å².